The van der Waals surface area contributed by atoms with Crippen LogP contribution in [0.2, 0.25) is 0 Å². The highest BCUT2D eigenvalue weighted by molar-refractivity contribution is 5.78. The number of carbonyl (C=O) groups is 1. The normalized spacial score (nSPS) is 10.6. The molecule has 100 valence electrons. The van der Waals surface area contributed by atoms with E-state index in [1.807, 2.05) is 10.8 Å². The molecule has 0 saturated heterocycles. The fourth-order valence-corrected chi connectivity index (χ4v) is 1.94. The maximum Gasteiger partial charge on any atom is 0.133 e. The summed E-state index contributed by atoms with van der Waals surface area (Å²) in [6, 6.07) is 6.32. The minimum Gasteiger partial charge on any atom is -0.337 e. The highest BCUT2D eigenvalue weighted by atomic mass is 19.1. The quantitative estimate of drug-likeness (QED) is 0.767. The van der Waals surface area contributed by atoms with Gasteiger partial charge in [0.2, 0.25) is 0 Å². The molecule has 2 rings (SSSR count). The maximum atomic E-state index is 12.7. The highest BCUT2D eigenvalue weighted by Gasteiger charge is 2.03. The third-order valence-electron chi connectivity index (χ3n) is 3.04. The Morgan fingerprint density at radius 1 is 1.21 bits per heavy atom. The van der Waals surface area contributed by atoms with Crippen molar-refractivity contribution in [1.29, 1.82) is 0 Å². The third kappa shape index (κ3) is 4.66. The monoisotopic (exact) mass is 260 g/mol. The molecule has 1 aromatic carbocycles. The number of nitrogens with zero attached hydrogens (tertiary/aromatic N) is 2. The Balaban J connectivity index is 1.65. The average Bonchev–Trinajstić information content (AvgIpc) is 2.91. The zero-order chi connectivity index (χ0) is 13.5. The van der Waals surface area contributed by atoms with Crippen LogP contribution in [0.4, 0.5) is 4.39 Å². The summed E-state index contributed by atoms with van der Waals surface area (Å²) in [4.78, 5) is 15.7. The molecule has 0 N–H and O–H groups in total. The van der Waals surface area contributed by atoms with Gasteiger partial charge in [-0.15, -0.1) is 0 Å². The van der Waals surface area contributed by atoms with Crippen molar-refractivity contribution in [3.8, 4) is 0 Å². The highest BCUT2D eigenvalue weighted by Crippen LogP contribution is 2.07. The van der Waals surface area contributed by atoms with Gasteiger partial charge in [-0.05, 0) is 30.5 Å². The first-order valence-corrected chi connectivity index (χ1v) is 6.46. The molecule has 4 heteroatoms. The van der Waals surface area contributed by atoms with Gasteiger partial charge in [0.15, 0.2) is 0 Å². The van der Waals surface area contributed by atoms with Crippen molar-refractivity contribution in [2.45, 2.75) is 32.2 Å². The van der Waals surface area contributed by atoms with Gasteiger partial charge in [0, 0.05) is 31.8 Å². The van der Waals surface area contributed by atoms with E-state index < -0.39 is 0 Å². The van der Waals surface area contributed by atoms with E-state index in [1.165, 1.54) is 12.1 Å². The number of imidazole rings is 1. The van der Waals surface area contributed by atoms with Crippen LogP contribution in [0.15, 0.2) is 43.0 Å². The first kappa shape index (κ1) is 13.5. The summed E-state index contributed by atoms with van der Waals surface area (Å²) < 4.78 is 14.7. The Kier molecular flexibility index (Phi) is 4.84. The molecule has 19 heavy (non-hydrogen) atoms. The van der Waals surface area contributed by atoms with Crippen molar-refractivity contribution in [2.75, 3.05) is 0 Å². The molecular weight excluding hydrogens is 243 g/mol. The van der Waals surface area contributed by atoms with E-state index in [-0.39, 0.29) is 11.6 Å². The fraction of sp³-hybridized carbons (Fsp3) is 0.333. The van der Waals surface area contributed by atoms with Gasteiger partial charge in [-0.2, -0.15) is 0 Å². The fourth-order valence-electron chi connectivity index (χ4n) is 1.94. The Bertz CT molecular complexity index is 505. The zero-order valence-electron chi connectivity index (χ0n) is 10.8. The maximum absolute atomic E-state index is 12.7. The second kappa shape index (κ2) is 6.83. The first-order valence-electron chi connectivity index (χ1n) is 6.46. The van der Waals surface area contributed by atoms with Gasteiger partial charge < -0.3 is 4.57 Å². The van der Waals surface area contributed by atoms with Gasteiger partial charge in [0.25, 0.3) is 0 Å². The number of aryl methyl sites for hydroxylation is 2. The van der Waals surface area contributed by atoms with Gasteiger partial charge in [-0.25, -0.2) is 9.37 Å². The van der Waals surface area contributed by atoms with Crippen LogP contribution >= 0.6 is 0 Å². The summed E-state index contributed by atoms with van der Waals surface area (Å²) in [5.74, 6) is 0.0137. The predicted molar refractivity (Wildman–Crippen MR) is 71.2 cm³/mol. The van der Waals surface area contributed by atoms with Crippen molar-refractivity contribution in [2.24, 2.45) is 0 Å². The molecule has 0 aliphatic carbocycles. The van der Waals surface area contributed by atoms with Gasteiger partial charge >= 0.3 is 0 Å². The number of rotatable bonds is 7. The Hall–Kier alpha value is -1.97. The molecule has 1 aromatic heterocycles. The van der Waals surface area contributed by atoms with Crippen LogP contribution in [0.1, 0.15) is 24.8 Å². The lowest BCUT2D eigenvalue weighted by Gasteiger charge is -2.03. The summed E-state index contributed by atoms with van der Waals surface area (Å²) in [7, 11) is 0. The van der Waals surface area contributed by atoms with Crippen LogP contribution in [0.25, 0.3) is 0 Å². The summed E-state index contributed by atoms with van der Waals surface area (Å²) >= 11 is 0. The number of Topliss-reactive ketones (excluding diaryl/α,β-unsaturated/α-hetero) is 1. The van der Waals surface area contributed by atoms with Crippen LogP contribution in [0.5, 0.6) is 0 Å². The molecule has 3 nitrogen and oxygen atoms in total. The van der Waals surface area contributed by atoms with Crippen LogP contribution < -0.4 is 0 Å². The molecule has 0 radical (unpaired) electrons. The molecule has 0 atom stereocenters. The Morgan fingerprint density at radius 3 is 2.68 bits per heavy atom. The van der Waals surface area contributed by atoms with Crippen molar-refractivity contribution in [1.82, 2.24) is 9.55 Å². The lowest BCUT2D eigenvalue weighted by atomic mass is 10.1. The topological polar surface area (TPSA) is 34.9 Å². The van der Waals surface area contributed by atoms with Gasteiger partial charge in [-0.1, -0.05) is 12.1 Å². The summed E-state index contributed by atoms with van der Waals surface area (Å²) in [5, 5.41) is 0. The number of benzene rings is 1. The molecule has 0 unspecified atom stereocenters. The SMILES string of the molecule is O=C(CCCn1ccnc1)CCc1ccc(F)cc1. The lowest BCUT2D eigenvalue weighted by Crippen LogP contribution is -2.03. The molecule has 1 heterocycles. The second-order valence-corrected chi connectivity index (χ2v) is 4.57. The van der Waals surface area contributed by atoms with Crippen LogP contribution in [-0.2, 0) is 17.8 Å². The van der Waals surface area contributed by atoms with Crippen molar-refractivity contribution >= 4 is 5.78 Å². The van der Waals surface area contributed by atoms with E-state index in [0.29, 0.717) is 19.3 Å². The van der Waals surface area contributed by atoms with Crippen LogP contribution in [0.3, 0.4) is 0 Å². The van der Waals surface area contributed by atoms with E-state index in [2.05, 4.69) is 4.98 Å². The predicted octanol–water partition coefficient (Wildman–Crippen LogP) is 3.00. The molecule has 0 spiro atoms. The van der Waals surface area contributed by atoms with E-state index in [0.717, 1.165) is 18.5 Å². The van der Waals surface area contributed by atoms with E-state index in [1.54, 1.807) is 24.7 Å². The van der Waals surface area contributed by atoms with Gasteiger partial charge in [0.1, 0.15) is 11.6 Å². The molecule has 2 aromatic rings. The molecule has 0 fully saturated rings. The minimum atomic E-state index is -0.240. The molecule has 0 saturated carbocycles. The molecule has 0 aliphatic heterocycles. The number of hydrogen-bond acceptors (Lipinski definition) is 2. The van der Waals surface area contributed by atoms with Crippen LogP contribution in [-0.4, -0.2) is 15.3 Å². The molecule has 0 bridgehead atoms. The average molecular weight is 260 g/mol. The zero-order valence-corrected chi connectivity index (χ0v) is 10.8. The van der Waals surface area contributed by atoms with E-state index in [4.69, 9.17) is 0 Å². The number of halogens is 1. The third-order valence-corrected chi connectivity index (χ3v) is 3.04. The van der Waals surface area contributed by atoms with Crippen molar-refractivity contribution < 1.29 is 9.18 Å². The molecule has 0 aliphatic rings. The summed E-state index contributed by atoms with van der Waals surface area (Å²) in [5.41, 5.74) is 1.00. The largest absolute Gasteiger partial charge is 0.337 e. The number of aromatic nitrogens is 2. The van der Waals surface area contributed by atoms with Gasteiger partial charge in [0.05, 0.1) is 6.33 Å². The van der Waals surface area contributed by atoms with Crippen LogP contribution in [0, 0.1) is 5.82 Å². The first-order chi connectivity index (χ1) is 9.24. The van der Waals surface area contributed by atoms with Gasteiger partial charge in [-0.3, -0.25) is 4.79 Å². The van der Waals surface area contributed by atoms with E-state index in [9.17, 15) is 9.18 Å². The molecule has 0 amide bonds. The number of ketones is 1. The number of hydrogen-bond donors (Lipinski definition) is 0. The summed E-state index contributed by atoms with van der Waals surface area (Å²) in [6.07, 6.45) is 8.00. The minimum absolute atomic E-state index is 0.240. The second-order valence-electron chi connectivity index (χ2n) is 4.57. The Labute approximate surface area is 112 Å². The van der Waals surface area contributed by atoms with E-state index >= 15 is 0 Å². The smallest absolute Gasteiger partial charge is 0.133 e. The number of carbonyl (C=O) groups excluding carboxylic acids is 1. The lowest BCUT2D eigenvalue weighted by molar-refractivity contribution is -0.119. The standard InChI is InChI=1S/C15H17FN2O/c16-14-6-3-13(4-7-14)5-8-15(19)2-1-10-18-11-9-17-12-18/h3-4,6-7,9,11-12H,1-2,5,8,10H2. The molecular formula is C15H17FN2O. The summed E-state index contributed by atoms with van der Waals surface area (Å²) in [6.45, 7) is 0.822. The van der Waals surface area contributed by atoms with Crippen molar-refractivity contribution in [3.63, 3.8) is 0 Å². The Morgan fingerprint density at radius 2 is 2.00 bits per heavy atom. The van der Waals surface area contributed by atoms with Crippen molar-refractivity contribution in [3.05, 3.63) is 54.4 Å².